The van der Waals surface area contributed by atoms with Gasteiger partial charge in [-0.15, -0.1) is 0 Å². The van der Waals surface area contributed by atoms with E-state index in [-0.39, 0.29) is 5.92 Å². The molecular weight excluding hydrogens is 250 g/mol. The smallest absolute Gasteiger partial charge is 0.123 e. The van der Waals surface area contributed by atoms with Gasteiger partial charge in [0.2, 0.25) is 0 Å². The van der Waals surface area contributed by atoms with Gasteiger partial charge in [0.15, 0.2) is 0 Å². The van der Waals surface area contributed by atoms with Gasteiger partial charge in [-0.05, 0) is 23.8 Å². The van der Waals surface area contributed by atoms with Crippen molar-refractivity contribution in [3.05, 3.63) is 59.7 Å². The van der Waals surface area contributed by atoms with Crippen molar-refractivity contribution in [1.82, 2.24) is 0 Å². The maximum Gasteiger partial charge on any atom is 0.123 e. The highest BCUT2D eigenvalue weighted by Gasteiger charge is 2.24. The van der Waals surface area contributed by atoms with Crippen molar-refractivity contribution in [2.75, 3.05) is 13.2 Å². The number of rotatable bonds is 4. The van der Waals surface area contributed by atoms with E-state index in [0.29, 0.717) is 19.6 Å². The number of ether oxygens (including phenoxy) is 2. The Morgan fingerprint density at radius 1 is 1.15 bits per heavy atom. The predicted molar refractivity (Wildman–Crippen MR) is 75.9 cm³/mol. The molecule has 0 fully saturated rings. The Morgan fingerprint density at radius 2 is 1.95 bits per heavy atom. The van der Waals surface area contributed by atoms with Crippen LogP contribution in [0.3, 0.4) is 0 Å². The fourth-order valence-electron chi connectivity index (χ4n) is 2.36. The fourth-order valence-corrected chi connectivity index (χ4v) is 2.36. The number of benzene rings is 2. The molecule has 3 nitrogen and oxygen atoms in total. The van der Waals surface area contributed by atoms with Gasteiger partial charge < -0.3 is 9.47 Å². The first kappa shape index (κ1) is 12.6. The van der Waals surface area contributed by atoms with Gasteiger partial charge in [-0.1, -0.05) is 30.3 Å². The summed E-state index contributed by atoms with van der Waals surface area (Å²) in [6.07, 6.45) is 0.435. The second-order valence-corrected chi connectivity index (χ2v) is 4.84. The van der Waals surface area contributed by atoms with Crippen LogP contribution < -0.4 is 9.47 Å². The van der Waals surface area contributed by atoms with Gasteiger partial charge in [0.25, 0.3) is 0 Å². The van der Waals surface area contributed by atoms with Gasteiger partial charge >= 0.3 is 0 Å². The third-order valence-electron chi connectivity index (χ3n) is 3.46. The maximum atomic E-state index is 8.63. The normalized spacial score (nSPS) is 16.1. The molecule has 0 N–H and O–H groups in total. The first-order valence-corrected chi connectivity index (χ1v) is 6.67. The monoisotopic (exact) mass is 265 g/mol. The molecule has 0 saturated carbocycles. The van der Waals surface area contributed by atoms with Crippen LogP contribution in [0.2, 0.25) is 0 Å². The Labute approximate surface area is 118 Å². The molecule has 1 aliphatic heterocycles. The summed E-state index contributed by atoms with van der Waals surface area (Å²) in [6.45, 7) is 1.28. The van der Waals surface area contributed by atoms with E-state index in [1.54, 1.807) is 0 Å². The predicted octanol–water partition coefficient (Wildman–Crippen LogP) is 3.31. The fraction of sp³-hybridized carbons (Fsp3) is 0.235. The first-order valence-electron chi connectivity index (χ1n) is 6.67. The molecule has 2 aromatic carbocycles. The molecule has 1 heterocycles. The van der Waals surface area contributed by atoms with E-state index in [9.17, 15) is 0 Å². The minimum atomic E-state index is 0.282. The van der Waals surface area contributed by atoms with Crippen molar-refractivity contribution >= 4 is 0 Å². The highest BCUT2D eigenvalue weighted by Crippen LogP contribution is 2.33. The van der Waals surface area contributed by atoms with E-state index in [0.717, 1.165) is 17.1 Å². The summed E-state index contributed by atoms with van der Waals surface area (Å²) in [7, 11) is 0. The Hall–Kier alpha value is -2.47. The summed E-state index contributed by atoms with van der Waals surface area (Å²) >= 11 is 0. The summed E-state index contributed by atoms with van der Waals surface area (Å²) in [5.74, 6) is 2.08. The van der Waals surface area contributed by atoms with Crippen LogP contribution in [-0.2, 0) is 6.42 Å². The van der Waals surface area contributed by atoms with Gasteiger partial charge in [-0.25, -0.2) is 0 Å². The lowest BCUT2D eigenvalue weighted by atomic mass is 10.0. The van der Waals surface area contributed by atoms with Crippen LogP contribution in [0.4, 0.5) is 0 Å². The van der Waals surface area contributed by atoms with Gasteiger partial charge in [0.1, 0.15) is 11.5 Å². The molecule has 0 spiro atoms. The molecule has 0 amide bonds. The number of hydrogen-bond acceptors (Lipinski definition) is 3. The lowest BCUT2D eigenvalue weighted by molar-refractivity contribution is 0.248. The molecule has 3 heteroatoms. The van der Waals surface area contributed by atoms with Gasteiger partial charge in [0.05, 0.1) is 31.6 Å². The highest BCUT2D eigenvalue weighted by atomic mass is 16.5. The van der Waals surface area contributed by atoms with Crippen molar-refractivity contribution < 1.29 is 9.47 Å². The lowest BCUT2D eigenvalue weighted by Gasteiger charge is -2.11. The Kier molecular flexibility index (Phi) is 3.56. The van der Waals surface area contributed by atoms with Crippen LogP contribution in [0.25, 0.3) is 0 Å². The molecule has 0 aliphatic carbocycles. The molecule has 0 radical (unpaired) electrons. The molecule has 3 rings (SSSR count). The van der Waals surface area contributed by atoms with Gasteiger partial charge in [0, 0.05) is 5.56 Å². The molecule has 0 saturated heterocycles. The third kappa shape index (κ3) is 2.60. The van der Waals surface area contributed by atoms with Crippen molar-refractivity contribution in [2.24, 2.45) is 0 Å². The second-order valence-electron chi connectivity index (χ2n) is 4.84. The molecule has 1 atom stereocenters. The minimum absolute atomic E-state index is 0.282. The Morgan fingerprint density at radius 3 is 2.75 bits per heavy atom. The zero-order valence-electron chi connectivity index (χ0n) is 11.1. The van der Waals surface area contributed by atoms with Crippen LogP contribution in [0.5, 0.6) is 11.5 Å². The van der Waals surface area contributed by atoms with Crippen LogP contribution >= 0.6 is 0 Å². The summed E-state index contributed by atoms with van der Waals surface area (Å²) in [6, 6.07) is 17.9. The average Bonchev–Trinajstić information content (AvgIpc) is 2.90. The molecular formula is C17H15NO2. The van der Waals surface area contributed by atoms with Crippen molar-refractivity contribution in [1.29, 1.82) is 5.26 Å². The van der Waals surface area contributed by atoms with Crippen LogP contribution in [0.1, 0.15) is 17.0 Å². The third-order valence-corrected chi connectivity index (χ3v) is 3.46. The molecule has 20 heavy (non-hydrogen) atoms. The van der Waals surface area contributed by atoms with E-state index >= 15 is 0 Å². The number of para-hydroxylation sites is 1. The van der Waals surface area contributed by atoms with E-state index in [2.05, 4.69) is 12.1 Å². The number of nitrogens with zero attached hydrogens (tertiary/aromatic N) is 1. The molecule has 0 bridgehead atoms. The summed E-state index contributed by atoms with van der Waals surface area (Å²) in [5.41, 5.74) is 2.22. The average molecular weight is 265 g/mol. The van der Waals surface area contributed by atoms with Gasteiger partial charge in [-0.3, -0.25) is 0 Å². The largest absolute Gasteiger partial charge is 0.493 e. The van der Waals surface area contributed by atoms with Crippen LogP contribution in [0.15, 0.2) is 48.5 Å². The highest BCUT2D eigenvalue weighted by molar-refractivity contribution is 5.39. The summed E-state index contributed by atoms with van der Waals surface area (Å²) in [5, 5.41) is 8.63. The number of nitriles is 1. The van der Waals surface area contributed by atoms with E-state index < -0.39 is 0 Å². The Balaban J connectivity index is 1.62. The molecule has 2 aromatic rings. The zero-order valence-corrected chi connectivity index (χ0v) is 11.1. The van der Waals surface area contributed by atoms with E-state index in [1.165, 1.54) is 5.56 Å². The van der Waals surface area contributed by atoms with Crippen LogP contribution in [0, 0.1) is 11.3 Å². The van der Waals surface area contributed by atoms with Crippen molar-refractivity contribution in [3.63, 3.8) is 0 Å². The molecule has 1 unspecified atom stereocenters. The molecule has 1 aliphatic rings. The maximum absolute atomic E-state index is 8.63. The Bertz CT molecular complexity index is 628. The SMILES string of the molecule is N#CCc1ccc(OCC2COc3ccccc32)cc1. The minimum Gasteiger partial charge on any atom is -0.493 e. The van der Waals surface area contributed by atoms with Crippen molar-refractivity contribution in [3.8, 4) is 17.6 Å². The second kappa shape index (κ2) is 5.66. The lowest BCUT2D eigenvalue weighted by Crippen LogP contribution is -2.11. The summed E-state index contributed by atoms with van der Waals surface area (Å²) in [4.78, 5) is 0. The molecule has 0 aromatic heterocycles. The number of fused-ring (bicyclic) bond motifs is 1. The van der Waals surface area contributed by atoms with E-state index in [1.807, 2.05) is 42.5 Å². The van der Waals surface area contributed by atoms with Gasteiger partial charge in [-0.2, -0.15) is 5.26 Å². The number of hydrogen-bond donors (Lipinski definition) is 0. The van der Waals surface area contributed by atoms with Crippen LogP contribution in [-0.4, -0.2) is 13.2 Å². The summed E-state index contributed by atoms with van der Waals surface area (Å²) < 4.78 is 11.5. The first-order chi connectivity index (χ1) is 9.86. The van der Waals surface area contributed by atoms with Crippen molar-refractivity contribution in [2.45, 2.75) is 12.3 Å². The quantitative estimate of drug-likeness (QED) is 0.851. The molecule has 100 valence electrons. The topological polar surface area (TPSA) is 42.2 Å². The van der Waals surface area contributed by atoms with E-state index in [4.69, 9.17) is 14.7 Å². The zero-order chi connectivity index (χ0) is 13.8. The standard InChI is InChI=1S/C17H15NO2/c18-10-9-13-5-7-15(8-6-13)19-11-14-12-20-17-4-2-1-3-16(14)17/h1-8,14H,9,11-12H2.